The summed E-state index contributed by atoms with van der Waals surface area (Å²) < 4.78 is 22.8. The van der Waals surface area contributed by atoms with Gasteiger partial charge >= 0.3 is 0 Å². The number of hydrogen-bond donors (Lipinski definition) is 2. The van der Waals surface area contributed by atoms with Gasteiger partial charge in [-0.25, -0.2) is 13.4 Å². The molecule has 0 aliphatic carbocycles. The Kier molecular flexibility index (Phi) is 3.70. The molecule has 1 unspecified atom stereocenters. The second-order valence-corrected chi connectivity index (χ2v) is 6.72. The van der Waals surface area contributed by atoms with E-state index in [4.69, 9.17) is 0 Å². The quantitative estimate of drug-likeness (QED) is 0.842. The highest BCUT2D eigenvalue weighted by Crippen LogP contribution is 2.17. The van der Waals surface area contributed by atoms with Crippen LogP contribution in [0.15, 0.2) is 6.07 Å². The predicted octanol–water partition coefficient (Wildman–Crippen LogP) is 0.816. The summed E-state index contributed by atoms with van der Waals surface area (Å²) in [4.78, 5) is 8.55. The third-order valence-electron chi connectivity index (χ3n) is 2.77. The van der Waals surface area contributed by atoms with E-state index in [1.165, 1.54) is 0 Å². The van der Waals surface area contributed by atoms with Crippen molar-refractivity contribution < 1.29 is 8.42 Å². The van der Waals surface area contributed by atoms with E-state index < -0.39 is 9.84 Å². The summed E-state index contributed by atoms with van der Waals surface area (Å²) in [6, 6.07) is 1.78. The van der Waals surface area contributed by atoms with Crippen molar-refractivity contribution in [2.45, 2.75) is 26.3 Å². The molecular formula is C11H18N4O2S. The van der Waals surface area contributed by atoms with Crippen LogP contribution in [0.1, 0.15) is 19.0 Å². The van der Waals surface area contributed by atoms with Gasteiger partial charge in [0.25, 0.3) is 0 Å². The summed E-state index contributed by atoms with van der Waals surface area (Å²) >= 11 is 0. The van der Waals surface area contributed by atoms with Crippen molar-refractivity contribution in [1.29, 1.82) is 0 Å². The van der Waals surface area contributed by atoms with Crippen molar-refractivity contribution in [3.63, 3.8) is 0 Å². The third-order valence-corrected chi connectivity index (χ3v) is 4.54. The fraction of sp³-hybridized carbons (Fsp3) is 0.636. The van der Waals surface area contributed by atoms with Crippen LogP contribution in [0.3, 0.4) is 0 Å². The molecule has 1 fully saturated rings. The molecule has 1 aliphatic rings. The monoisotopic (exact) mass is 270 g/mol. The largest absolute Gasteiger partial charge is 0.366 e. The minimum Gasteiger partial charge on any atom is -0.366 e. The van der Waals surface area contributed by atoms with Gasteiger partial charge in [0.05, 0.1) is 11.5 Å². The van der Waals surface area contributed by atoms with Crippen LogP contribution in [0.2, 0.25) is 0 Å². The molecule has 1 aromatic rings. The van der Waals surface area contributed by atoms with E-state index in [-0.39, 0.29) is 17.5 Å². The van der Waals surface area contributed by atoms with Crippen molar-refractivity contribution in [1.82, 2.24) is 9.97 Å². The van der Waals surface area contributed by atoms with Gasteiger partial charge in [-0.2, -0.15) is 4.98 Å². The summed E-state index contributed by atoms with van der Waals surface area (Å²) in [7, 11) is -2.87. The van der Waals surface area contributed by atoms with E-state index in [1.54, 1.807) is 0 Å². The van der Waals surface area contributed by atoms with E-state index >= 15 is 0 Å². The van der Waals surface area contributed by atoms with Gasteiger partial charge in [-0.15, -0.1) is 0 Å². The van der Waals surface area contributed by atoms with Crippen molar-refractivity contribution >= 4 is 21.6 Å². The second kappa shape index (κ2) is 5.09. The second-order valence-electron chi connectivity index (χ2n) is 4.49. The van der Waals surface area contributed by atoms with Crippen LogP contribution in [0.4, 0.5) is 11.8 Å². The molecule has 18 heavy (non-hydrogen) atoms. The molecule has 0 aromatic carbocycles. The lowest BCUT2D eigenvalue weighted by Crippen LogP contribution is -2.21. The van der Waals surface area contributed by atoms with Crippen molar-refractivity contribution in [3.05, 3.63) is 11.8 Å². The number of rotatable bonds is 4. The van der Waals surface area contributed by atoms with Crippen molar-refractivity contribution in [3.8, 4) is 0 Å². The van der Waals surface area contributed by atoms with Gasteiger partial charge in [-0.3, -0.25) is 0 Å². The fourth-order valence-corrected chi connectivity index (χ4v) is 3.67. The molecular weight excluding hydrogens is 252 g/mol. The first-order valence-corrected chi connectivity index (χ1v) is 7.87. The fourth-order valence-electron chi connectivity index (χ4n) is 2.00. The molecule has 7 heteroatoms. The average molecular weight is 270 g/mol. The standard InChI is InChI=1S/C11H18N4O2S/c1-3-12-11-13-8(2)6-10(15-11)14-9-4-5-18(16,17)7-9/h6,9H,3-5,7H2,1-2H3,(H2,12,13,14,15). The summed E-state index contributed by atoms with van der Waals surface area (Å²) in [6.07, 6.45) is 0.641. The average Bonchev–Trinajstić information content (AvgIpc) is 2.57. The molecule has 2 N–H and O–H groups in total. The molecule has 1 saturated heterocycles. The van der Waals surface area contributed by atoms with Crippen LogP contribution in [0, 0.1) is 6.92 Å². The Bertz CT molecular complexity index is 530. The molecule has 0 bridgehead atoms. The zero-order chi connectivity index (χ0) is 13.2. The minimum absolute atomic E-state index is 0.0428. The molecule has 0 radical (unpaired) electrons. The third kappa shape index (κ3) is 3.32. The van der Waals surface area contributed by atoms with E-state index in [1.807, 2.05) is 19.9 Å². The molecule has 1 aliphatic heterocycles. The van der Waals surface area contributed by atoms with E-state index in [2.05, 4.69) is 20.6 Å². The number of sulfone groups is 1. The van der Waals surface area contributed by atoms with Crippen molar-refractivity contribution in [2.75, 3.05) is 28.7 Å². The SMILES string of the molecule is CCNc1nc(C)cc(NC2CCS(=O)(=O)C2)n1. The summed E-state index contributed by atoms with van der Waals surface area (Å²) in [5, 5.41) is 6.22. The normalized spacial score (nSPS) is 21.8. The van der Waals surface area contributed by atoms with Crippen LogP contribution < -0.4 is 10.6 Å². The van der Waals surface area contributed by atoms with Crippen LogP contribution in [-0.4, -0.2) is 42.5 Å². The summed E-state index contributed by atoms with van der Waals surface area (Å²) in [5.74, 6) is 1.70. The molecule has 2 heterocycles. The Morgan fingerprint density at radius 2 is 2.22 bits per heavy atom. The topological polar surface area (TPSA) is 84.0 Å². The number of nitrogens with one attached hydrogen (secondary N) is 2. The highest BCUT2D eigenvalue weighted by atomic mass is 32.2. The van der Waals surface area contributed by atoms with Gasteiger partial charge in [-0.1, -0.05) is 0 Å². The predicted molar refractivity (Wildman–Crippen MR) is 71.6 cm³/mol. The maximum Gasteiger partial charge on any atom is 0.224 e. The van der Waals surface area contributed by atoms with Crippen LogP contribution in [0.25, 0.3) is 0 Å². The Labute approximate surface area is 107 Å². The molecule has 2 rings (SSSR count). The van der Waals surface area contributed by atoms with Crippen LogP contribution in [0.5, 0.6) is 0 Å². The van der Waals surface area contributed by atoms with E-state index in [0.717, 1.165) is 12.2 Å². The van der Waals surface area contributed by atoms with Gasteiger partial charge in [-0.05, 0) is 20.3 Å². The maximum atomic E-state index is 11.4. The van der Waals surface area contributed by atoms with E-state index in [9.17, 15) is 8.42 Å². The van der Waals surface area contributed by atoms with Gasteiger partial charge in [0.1, 0.15) is 5.82 Å². The summed E-state index contributed by atoms with van der Waals surface area (Å²) in [6.45, 7) is 4.61. The lowest BCUT2D eigenvalue weighted by atomic mass is 10.2. The molecule has 1 atom stereocenters. The molecule has 100 valence electrons. The van der Waals surface area contributed by atoms with Crippen LogP contribution in [-0.2, 0) is 9.84 Å². The smallest absolute Gasteiger partial charge is 0.224 e. The highest BCUT2D eigenvalue weighted by Gasteiger charge is 2.27. The Balaban J connectivity index is 2.09. The number of nitrogens with zero attached hydrogens (tertiary/aromatic N) is 2. The molecule has 1 aromatic heterocycles. The molecule has 0 amide bonds. The number of anilines is 2. The molecule has 0 spiro atoms. The lowest BCUT2D eigenvalue weighted by Gasteiger charge is -2.13. The Hall–Kier alpha value is -1.37. The molecule has 6 nitrogen and oxygen atoms in total. The molecule has 0 saturated carbocycles. The first-order valence-electron chi connectivity index (χ1n) is 6.05. The maximum absolute atomic E-state index is 11.4. The highest BCUT2D eigenvalue weighted by molar-refractivity contribution is 7.91. The summed E-state index contributed by atoms with van der Waals surface area (Å²) in [5.41, 5.74) is 0.851. The van der Waals surface area contributed by atoms with Gasteiger partial charge in [0, 0.05) is 24.3 Å². The number of hydrogen-bond acceptors (Lipinski definition) is 6. The van der Waals surface area contributed by atoms with Crippen molar-refractivity contribution in [2.24, 2.45) is 0 Å². The van der Waals surface area contributed by atoms with Gasteiger partial charge in [0.2, 0.25) is 5.95 Å². The lowest BCUT2D eigenvalue weighted by molar-refractivity contribution is 0.602. The first kappa shape index (κ1) is 13.1. The number of aromatic nitrogens is 2. The zero-order valence-electron chi connectivity index (χ0n) is 10.6. The number of aryl methyl sites for hydroxylation is 1. The van der Waals surface area contributed by atoms with Gasteiger partial charge in [0.15, 0.2) is 9.84 Å². The Morgan fingerprint density at radius 1 is 1.44 bits per heavy atom. The van der Waals surface area contributed by atoms with E-state index in [0.29, 0.717) is 18.2 Å². The van der Waals surface area contributed by atoms with Crippen LogP contribution >= 0.6 is 0 Å². The zero-order valence-corrected chi connectivity index (χ0v) is 11.4. The minimum atomic E-state index is -2.87. The van der Waals surface area contributed by atoms with Gasteiger partial charge < -0.3 is 10.6 Å². The first-order chi connectivity index (χ1) is 8.48. The Morgan fingerprint density at radius 3 is 2.83 bits per heavy atom.